The molecule has 2 atom stereocenters. The normalized spacial score (nSPS) is 20.6. The first-order valence-corrected chi connectivity index (χ1v) is 10.8. The lowest BCUT2D eigenvalue weighted by Gasteiger charge is -2.30. The molecule has 1 aliphatic rings. The van der Waals surface area contributed by atoms with Crippen LogP contribution in [0.5, 0.6) is 0 Å². The Morgan fingerprint density at radius 1 is 0.966 bits per heavy atom. The topological polar surface area (TPSA) is 59.1 Å². The number of rotatable bonds is 13. The number of aliphatic carboxylic acids is 1. The smallest absolute Gasteiger partial charge is 0.309 e. The van der Waals surface area contributed by atoms with Crippen molar-refractivity contribution in [3.63, 3.8) is 0 Å². The summed E-state index contributed by atoms with van der Waals surface area (Å²) in [7, 11) is 0. The fraction of sp³-hybridized carbons (Fsp3) is 0.720. The van der Waals surface area contributed by atoms with E-state index in [9.17, 15) is 9.90 Å². The van der Waals surface area contributed by atoms with Crippen molar-refractivity contribution < 1.29 is 19.4 Å². The predicted molar refractivity (Wildman–Crippen MR) is 120 cm³/mol. The third kappa shape index (κ3) is 9.77. The minimum absolute atomic E-state index is 0.0405. The Morgan fingerprint density at radius 2 is 1.52 bits per heavy atom. The van der Waals surface area contributed by atoms with Crippen LogP contribution in [0.25, 0.3) is 0 Å². The fourth-order valence-corrected chi connectivity index (χ4v) is 3.72. The molecule has 166 valence electrons. The van der Waals surface area contributed by atoms with Crippen LogP contribution in [0.4, 0.5) is 0 Å². The van der Waals surface area contributed by atoms with Gasteiger partial charge in [0, 0.05) is 0 Å². The van der Waals surface area contributed by atoms with Crippen molar-refractivity contribution in [3.05, 3.63) is 34.9 Å². The van der Waals surface area contributed by atoms with Crippen molar-refractivity contribution >= 4 is 5.97 Å². The van der Waals surface area contributed by atoms with Gasteiger partial charge in [0.25, 0.3) is 0 Å². The van der Waals surface area contributed by atoms with E-state index < -0.39 is 11.4 Å². The zero-order valence-electron chi connectivity index (χ0n) is 19.8. The highest BCUT2D eigenvalue weighted by molar-refractivity contribution is 5.73. The lowest BCUT2D eigenvalue weighted by molar-refractivity contribution is -0.148. The first-order chi connectivity index (χ1) is 13.3. The molecule has 0 bridgehead atoms. The largest absolute Gasteiger partial charge is 0.481 e. The first-order valence-electron chi connectivity index (χ1n) is 10.8. The Kier molecular flexibility index (Phi) is 9.84. The summed E-state index contributed by atoms with van der Waals surface area (Å²) in [6, 6.07) is 0. The Labute approximate surface area is 178 Å². The van der Waals surface area contributed by atoms with Crippen molar-refractivity contribution in [2.24, 2.45) is 10.8 Å². The van der Waals surface area contributed by atoms with Crippen LogP contribution in [0.2, 0.25) is 0 Å². The molecule has 0 aromatic rings. The molecular formula is C25H42O4. The zero-order chi connectivity index (χ0) is 22.2. The van der Waals surface area contributed by atoms with Gasteiger partial charge in [-0.3, -0.25) is 4.79 Å². The number of allylic oxidation sites excluding steroid dienone is 5. The maximum atomic E-state index is 11.4. The van der Waals surface area contributed by atoms with E-state index in [0.29, 0.717) is 13.0 Å². The molecule has 0 radical (unpaired) electrons. The van der Waals surface area contributed by atoms with Gasteiger partial charge in [-0.1, -0.05) is 48.8 Å². The Morgan fingerprint density at radius 3 is 2.07 bits per heavy atom. The molecule has 2 unspecified atom stereocenters. The van der Waals surface area contributed by atoms with Crippen LogP contribution in [0.3, 0.4) is 0 Å². The standard InChI is InChI=1S/C25H42O4/c1-18(2)11-9-12-19(3)13-10-14-20(4)15-16-28-22-21(29-22)24(5,6)17-25(7,8)23(26)27/h11,13,15,21-22H,9-10,12,14,16-17H2,1-8H3,(H,26,27). The Balaban J connectivity index is 2.32. The van der Waals surface area contributed by atoms with Crippen LogP contribution in [0.1, 0.15) is 87.5 Å². The molecule has 1 saturated heterocycles. The van der Waals surface area contributed by atoms with E-state index in [1.54, 1.807) is 13.8 Å². The number of carboxylic acid groups (broad SMARTS) is 1. The summed E-state index contributed by atoms with van der Waals surface area (Å²) in [5.41, 5.74) is 3.15. The number of carboxylic acids is 1. The van der Waals surface area contributed by atoms with Gasteiger partial charge in [0.05, 0.1) is 12.0 Å². The molecule has 0 amide bonds. The third-order valence-electron chi connectivity index (χ3n) is 5.51. The van der Waals surface area contributed by atoms with Gasteiger partial charge in [0.1, 0.15) is 6.10 Å². The summed E-state index contributed by atoms with van der Waals surface area (Å²) >= 11 is 0. The lowest BCUT2D eigenvalue weighted by Crippen LogP contribution is -2.34. The molecule has 1 fully saturated rings. The molecule has 1 N–H and O–H groups in total. The van der Waals surface area contributed by atoms with Crippen LogP contribution < -0.4 is 0 Å². The van der Waals surface area contributed by atoms with E-state index >= 15 is 0 Å². The van der Waals surface area contributed by atoms with Crippen molar-refractivity contribution in [1.29, 1.82) is 0 Å². The molecule has 1 heterocycles. The second kappa shape index (κ2) is 11.1. The molecule has 4 nitrogen and oxygen atoms in total. The molecule has 0 saturated carbocycles. The summed E-state index contributed by atoms with van der Waals surface area (Å²) in [4.78, 5) is 11.4. The molecule has 0 aromatic carbocycles. The summed E-state index contributed by atoms with van der Waals surface area (Å²) in [5, 5.41) is 9.36. The Bertz CT molecular complexity index is 633. The van der Waals surface area contributed by atoms with Crippen LogP contribution in [0.15, 0.2) is 34.9 Å². The van der Waals surface area contributed by atoms with Gasteiger partial charge < -0.3 is 14.6 Å². The average Bonchev–Trinajstić information content (AvgIpc) is 3.34. The molecule has 29 heavy (non-hydrogen) atoms. The molecular weight excluding hydrogens is 364 g/mol. The average molecular weight is 407 g/mol. The first kappa shape index (κ1) is 25.6. The number of carbonyl (C=O) groups is 1. The maximum Gasteiger partial charge on any atom is 0.309 e. The summed E-state index contributed by atoms with van der Waals surface area (Å²) in [6.07, 6.45) is 11.4. The maximum absolute atomic E-state index is 11.4. The molecule has 0 spiro atoms. The van der Waals surface area contributed by atoms with Crippen LogP contribution in [-0.2, 0) is 14.3 Å². The predicted octanol–water partition coefficient (Wildman–Crippen LogP) is 6.67. The molecule has 1 aliphatic heterocycles. The van der Waals surface area contributed by atoms with Gasteiger partial charge in [-0.05, 0) is 79.1 Å². The van der Waals surface area contributed by atoms with Crippen molar-refractivity contribution in [2.45, 2.75) is 99.9 Å². The number of ether oxygens (including phenoxy) is 2. The van der Waals surface area contributed by atoms with Gasteiger partial charge in [0.2, 0.25) is 0 Å². The minimum Gasteiger partial charge on any atom is -0.481 e. The zero-order valence-corrected chi connectivity index (χ0v) is 19.8. The van der Waals surface area contributed by atoms with Gasteiger partial charge in [0.15, 0.2) is 6.29 Å². The minimum atomic E-state index is -0.775. The molecule has 0 aromatic heterocycles. The van der Waals surface area contributed by atoms with Crippen molar-refractivity contribution in [1.82, 2.24) is 0 Å². The fourth-order valence-electron chi connectivity index (χ4n) is 3.72. The molecule has 1 rings (SSSR count). The van der Waals surface area contributed by atoms with Crippen molar-refractivity contribution in [2.75, 3.05) is 6.61 Å². The number of hydrogen-bond donors (Lipinski definition) is 1. The summed E-state index contributed by atoms with van der Waals surface area (Å²) in [5.74, 6) is -0.775. The van der Waals surface area contributed by atoms with Gasteiger partial charge in [-0.15, -0.1) is 0 Å². The van der Waals surface area contributed by atoms with E-state index in [1.807, 2.05) is 0 Å². The van der Waals surface area contributed by atoms with E-state index in [4.69, 9.17) is 9.47 Å². The monoisotopic (exact) mass is 406 g/mol. The van der Waals surface area contributed by atoms with E-state index in [0.717, 1.165) is 25.7 Å². The highest BCUT2D eigenvalue weighted by Crippen LogP contribution is 2.46. The van der Waals surface area contributed by atoms with Crippen LogP contribution in [-0.4, -0.2) is 30.1 Å². The Hall–Kier alpha value is -1.39. The SMILES string of the molecule is CC(C)=CCCC(C)=CCCC(C)=CCOC1OC1C(C)(C)CC(C)(C)C(=O)O. The van der Waals surface area contributed by atoms with Crippen LogP contribution in [0, 0.1) is 10.8 Å². The second-order valence-electron chi connectivity index (χ2n) is 10.1. The number of hydrogen-bond acceptors (Lipinski definition) is 3. The third-order valence-corrected chi connectivity index (χ3v) is 5.51. The van der Waals surface area contributed by atoms with Gasteiger partial charge in [-0.25, -0.2) is 0 Å². The highest BCUT2D eigenvalue weighted by Gasteiger charge is 2.53. The molecule has 0 aliphatic carbocycles. The molecule has 4 heteroatoms. The van der Waals surface area contributed by atoms with Gasteiger partial charge in [-0.2, -0.15) is 0 Å². The van der Waals surface area contributed by atoms with Crippen LogP contribution >= 0.6 is 0 Å². The second-order valence-corrected chi connectivity index (χ2v) is 10.1. The van der Waals surface area contributed by atoms with E-state index in [1.165, 1.54) is 16.7 Å². The summed E-state index contributed by atoms with van der Waals surface area (Å²) in [6.45, 7) is 16.8. The highest BCUT2D eigenvalue weighted by atomic mass is 16.8. The lowest BCUT2D eigenvalue weighted by atomic mass is 9.73. The van der Waals surface area contributed by atoms with E-state index in [-0.39, 0.29) is 17.8 Å². The van der Waals surface area contributed by atoms with Gasteiger partial charge >= 0.3 is 5.97 Å². The van der Waals surface area contributed by atoms with Crippen molar-refractivity contribution in [3.8, 4) is 0 Å². The number of epoxide rings is 1. The van der Waals surface area contributed by atoms with E-state index in [2.05, 4.69) is 59.8 Å². The summed E-state index contributed by atoms with van der Waals surface area (Å²) < 4.78 is 11.5. The quantitative estimate of drug-likeness (QED) is 0.274.